The number of nitrogens with one attached hydrogen (secondary N) is 1. The highest BCUT2D eigenvalue weighted by Gasteiger charge is 2.21. The monoisotopic (exact) mass is 415 g/mol. The third-order valence-electron chi connectivity index (χ3n) is 4.80. The summed E-state index contributed by atoms with van der Waals surface area (Å²) in [4.78, 5) is 28.6. The standard InChI is InChI=1S/C22H26FN3O2S/c1-17-3-2-4-18(13-17)14-25-9-11-26(12-10-25)22(28)16-29-15-21(27)24-20-7-5-19(23)6-8-20/h2-8,13H,9-12,14-16H2,1H3,(H,24,27). The Morgan fingerprint density at radius 2 is 1.76 bits per heavy atom. The molecule has 2 aromatic carbocycles. The number of piperazine rings is 1. The van der Waals surface area contributed by atoms with Gasteiger partial charge in [0, 0.05) is 38.4 Å². The van der Waals surface area contributed by atoms with Crippen LogP contribution in [0.15, 0.2) is 48.5 Å². The number of rotatable bonds is 7. The van der Waals surface area contributed by atoms with E-state index in [4.69, 9.17) is 0 Å². The molecular formula is C22H26FN3O2S. The van der Waals surface area contributed by atoms with Gasteiger partial charge >= 0.3 is 0 Å². The van der Waals surface area contributed by atoms with E-state index in [0.29, 0.717) is 18.8 Å². The predicted molar refractivity (Wildman–Crippen MR) is 115 cm³/mol. The summed E-state index contributed by atoms with van der Waals surface area (Å²) in [5.41, 5.74) is 3.11. The van der Waals surface area contributed by atoms with Gasteiger partial charge in [0.05, 0.1) is 11.5 Å². The number of carbonyl (C=O) groups is 2. The Balaban J connectivity index is 1.34. The van der Waals surface area contributed by atoms with Crippen molar-refractivity contribution in [1.29, 1.82) is 0 Å². The zero-order valence-corrected chi connectivity index (χ0v) is 17.4. The lowest BCUT2D eigenvalue weighted by Gasteiger charge is -2.34. The molecule has 2 amide bonds. The van der Waals surface area contributed by atoms with Crippen LogP contribution in [0.5, 0.6) is 0 Å². The minimum atomic E-state index is -0.345. The molecule has 0 atom stereocenters. The van der Waals surface area contributed by atoms with Gasteiger partial charge in [0.1, 0.15) is 5.82 Å². The first-order valence-corrected chi connectivity index (χ1v) is 10.8. The molecule has 2 aromatic rings. The lowest BCUT2D eigenvalue weighted by atomic mass is 10.1. The Morgan fingerprint density at radius 1 is 1.03 bits per heavy atom. The molecule has 0 aromatic heterocycles. The van der Waals surface area contributed by atoms with Gasteiger partial charge < -0.3 is 10.2 Å². The predicted octanol–water partition coefficient (Wildman–Crippen LogP) is 3.15. The molecule has 7 heteroatoms. The molecule has 0 spiro atoms. The lowest BCUT2D eigenvalue weighted by molar-refractivity contribution is -0.130. The van der Waals surface area contributed by atoms with Crippen molar-refractivity contribution in [3.05, 3.63) is 65.5 Å². The summed E-state index contributed by atoms with van der Waals surface area (Å²) >= 11 is 1.30. The van der Waals surface area contributed by atoms with Crippen molar-refractivity contribution in [2.45, 2.75) is 13.5 Å². The van der Waals surface area contributed by atoms with Gasteiger partial charge in [-0.05, 0) is 36.8 Å². The minimum absolute atomic E-state index is 0.0692. The average Bonchev–Trinajstić information content (AvgIpc) is 2.70. The summed E-state index contributed by atoms with van der Waals surface area (Å²) in [5.74, 6) is 0.00430. The smallest absolute Gasteiger partial charge is 0.234 e. The third-order valence-corrected chi connectivity index (χ3v) is 5.72. The van der Waals surface area contributed by atoms with Crippen LogP contribution in [0, 0.1) is 12.7 Å². The van der Waals surface area contributed by atoms with E-state index in [1.807, 2.05) is 4.90 Å². The number of halogens is 1. The molecule has 1 saturated heterocycles. The first-order chi connectivity index (χ1) is 14.0. The summed E-state index contributed by atoms with van der Waals surface area (Å²) < 4.78 is 12.9. The van der Waals surface area contributed by atoms with E-state index in [9.17, 15) is 14.0 Å². The molecule has 0 bridgehead atoms. The molecular weight excluding hydrogens is 389 g/mol. The average molecular weight is 416 g/mol. The number of benzene rings is 2. The van der Waals surface area contributed by atoms with Crippen LogP contribution in [0.1, 0.15) is 11.1 Å². The summed E-state index contributed by atoms with van der Waals surface area (Å²) in [6.45, 7) is 6.14. The Kier molecular flexibility index (Phi) is 7.66. The summed E-state index contributed by atoms with van der Waals surface area (Å²) in [5, 5.41) is 2.70. The SMILES string of the molecule is Cc1cccc(CN2CCN(C(=O)CSCC(=O)Nc3ccc(F)cc3)CC2)c1. The van der Waals surface area contributed by atoms with Crippen molar-refractivity contribution in [3.8, 4) is 0 Å². The van der Waals surface area contributed by atoms with Crippen LogP contribution in [0.2, 0.25) is 0 Å². The van der Waals surface area contributed by atoms with E-state index in [-0.39, 0.29) is 29.1 Å². The van der Waals surface area contributed by atoms with E-state index in [2.05, 4.69) is 41.4 Å². The van der Waals surface area contributed by atoms with Crippen molar-refractivity contribution in [2.24, 2.45) is 0 Å². The maximum atomic E-state index is 12.9. The van der Waals surface area contributed by atoms with Crippen LogP contribution in [-0.4, -0.2) is 59.3 Å². The number of hydrogen-bond acceptors (Lipinski definition) is 4. The first kappa shape index (κ1) is 21.3. The number of nitrogens with zero attached hydrogens (tertiary/aromatic N) is 2. The van der Waals surface area contributed by atoms with Crippen LogP contribution in [-0.2, 0) is 16.1 Å². The number of anilines is 1. The number of aryl methyl sites for hydroxylation is 1. The quantitative estimate of drug-likeness (QED) is 0.755. The van der Waals surface area contributed by atoms with E-state index in [1.54, 1.807) is 0 Å². The molecule has 1 N–H and O–H groups in total. The Morgan fingerprint density at radius 3 is 2.45 bits per heavy atom. The molecule has 1 aliphatic rings. The second kappa shape index (κ2) is 10.4. The van der Waals surface area contributed by atoms with Crippen molar-refractivity contribution < 1.29 is 14.0 Å². The van der Waals surface area contributed by atoms with Crippen molar-refractivity contribution in [3.63, 3.8) is 0 Å². The zero-order valence-electron chi connectivity index (χ0n) is 16.6. The highest BCUT2D eigenvalue weighted by atomic mass is 32.2. The topological polar surface area (TPSA) is 52.7 Å². The molecule has 5 nitrogen and oxygen atoms in total. The van der Waals surface area contributed by atoms with Gasteiger partial charge in [-0.2, -0.15) is 0 Å². The van der Waals surface area contributed by atoms with E-state index < -0.39 is 0 Å². The highest BCUT2D eigenvalue weighted by Crippen LogP contribution is 2.13. The van der Waals surface area contributed by atoms with Crippen molar-refractivity contribution in [1.82, 2.24) is 9.80 Å². The van der Waals surface area contributed by atoms with E-state index in [0.717, 1.165) is 19.6 Å². The maximum absolute atomic E-state index is 12.9. The van der Waals surface area contributed by atoms with E-state index in [1.165, 1.54) is 47.2 Å². The molecule has 0 saturated carbocycles. The second-order valence-electron chi connectivity index (χ2n) is 7.19. The molecule has 0 unspecified atom stereocenters. The molecule has 154 valence electrons. The molecule has 1 heterocycles. The fourth-order valence-electron chi connectivity index (χ4n) is 3.28. The van der Waals surface area contributed by atoms with Gasteiger partial charge in [0.25, 0.3) is 0 Å². The Hall–Kier alpha value is -2.38. The molecule has 3 rings (SSSR count). The van der Waals surface area contributed by atoms with Gasteiger partial charge in [-0.3, -0.25) is 14.5 Å². The molecule has 29 heavy (non-hydrogen) atoms. The number of hydrogen-bond donors (Lipinski definition) is 1. The fraction of sp³-hybridized carbons (Fsp3) is 0.364. The minimum Gasteiger partial charge on any atom is -0.339 e. The molecule has 1 aliphatic heterocycles. The Labute approximate surface area is 175 Å². The van der Waals surface area contributed by atoms with E-state index >= 15 is 0 Å². The van der Waals surface area contributed by atoms with Gasteiger partial charge in [-0.15, -0.1) is 11.8 Å². The van der Waals surface area contributed by atoms with Crippen molar-refractivity contribution >= 4 is 29.3 Å². The number of carbonyl (C=O) groups excluding carboxylic acids is 2. The fourth-order valence-corrected chi connectivity index (χ4v) is 3.99. The van der Waals surface area contributed by atoms with Gasteiger partial charge in [-0.1, -0.05) is 29.8 Å². The van der Waals surface area contributed by atoms with Gasteiger partial charge in [0.15, 0.2) is 0 Å². The normalized spacial score (nSPS) is 14.6. The number of thioether (sulfide) groups is 1. The van der Waals surface area contributed by atoms with Crippen molar-refractivity contribution in [2.75, 3.05) is 43.0 Å². The van der Waals surface area contributed by atoms with Crippen LogP contribution >= 0.6 is 11.8 Å². The van der Waals surface area contributed by atoms with Crippen LogP contribution in [0.4, 0.5) is 10.1 Å². The first-order valence-electron chi connectivity index (χ1n) is 9.68. The highest BCUT2D eigenvalue weighted by molar-refractivity contribution is 8.00. The molecule has 0 aliphatic carbocycles. The number of amides is 2. The maximum Gasteiger partial charge on any atom is 0.234 e. The third kappa shape index (κ3) is 6.87. The zero-order chi connectivity index (χ0) is 20.6. The summed E-state index contributed by atoms with van der Waals surface area (Å²) in [7, 11) is 0. The van der Waals surface area contributed by atoms with Crippen LogP contribution in [0.25, 0.3) is 0 Å². The lowest BCUT2D eigenvalue weighted by Crippen LogP contribution is -2.48. The van der Waals surface area contributed by atoms with Crippen LogP contribution in [0.3, 0.4) is 0 Å². The largest absolute Gasteiger partial charge is 0.339 e. The van der Waals surface area contributed by atoms with Crippen LogP contribution < -0.4 is 5.32 Å². The summed E-state index contributed by atoms with van der Waals surface area (Å²) in [6, 6.07) is 14.1. The molecule has 0 radical (unpaired) electrons. The second-order valence-corrected chi connectivity index (χ2v) is 8.18. The van der Waals surface area contributed by atoms with Gasteiger partial charge in [-0.25, -0.2) is 4.39 Å². The van der Waals surface area contributed by atoms with Gasteiger partial charge in [0.2, 0.25) is 11.8 Å². The summed E-state index contributed by atoms with van der Waals surface area (Å²) in [6.07, 6.45) is 0. The molecule has 1 fully saturated rings. The Bertz CT molecular complexity index is 836.